The second-order valence-electron chi connectivity index (χ2n) is 4.70. The highest BCUT2D eigenvalue weighted by Crippen LogP contribution is 2.22. The van der Waals surface area contributed by atoms with Crippen molar-refractivity contribution in [1.82, 2.24) is 15.1 Å². The van der Waals surface area contributed by atoms with Crippen molar-refractivity contribution >= 4 is 0 Å². The van der Waals surface area contributed by atoms with E-state index >= 15 is 0 Å². The lowest BCUT2D eigenvalue weighted by Crippen LogP contribution is -2.19. The fourth-order valence-electron chi connectivity index (χ4n) is 2.13. The third-order valence-corrected chi connectivity index (χ3v) is 3.11. The highest BCUT2D eigenvalue weighted by atomic mass is 15.3. The molecular weight excluding hydrogens is 186 g/mol. The SMILES string of the molecule is CC(C)n1cc([C@H]2CCCCCN2)cn1. The molecule has 3 heteroatoms. The maximum Gasteiger partial charge on any atom is 0.0537 e. The van der Waals surface area contributed by atoms with Crippen molar-refractivity contribution in [3.05, 3.63) is 18.0 Å². The first-order chi connectivity index (χ1) is 7.27. The Bertz CT molecular complexity index is 296. The predicted molar refractivity (Wildman–Crippen MR) is 61.8 cm³/mol. The molecule has 1 fully saturated rings. The van der Waals surface area contributed by atoms with Gasteiger partial charge in [0.2, 0.25) is 0 Å². The van der Waals surface area contributed by atoms with Crippen LogP contribution in [0.5, 0.6) is 0 Å². The zero-order valence-electron chi connectivity index (χ0n) is 9.74. The molecule has 2 rings (SSSR count). The molecule has 0 amide bonds. The average molecular weight is 207 g/mol. The van der Waals surface area contributed by atoms with E-state index in [2.05, 4.69) is 30.5 Å². The van der Waals surface area contributed by atoms with E-state index in [1.54, 1.807) is 0 Å². The summed E-state index contributed by atoms with van der Waals surface area (Å²) in [6.45, 7) is 5.48. The summed E-state index contributed by atoms with van der Waals surface area (Å²) in [4.78, 5) is 0. The fourth-order valence-corrected chi connectivity index (χ4v) is 2.13. The van der Waals surface area contributed by atoms with E-state index in [0.29, 0.717) is 12.1 Å². The van der Waals surface area contributed by atoms with Crippen LogP contribution in [0.2, 0.25) is 0 Å². The molecule has 0 bridgehead atoms. The molecule has 0 radical (unpaired) electrons. The van der Waals surface area contributed by atoms with Crippen molar-refractivity contribution in [2.75, 3.05) is 6.54 Å². The van der Waals surface area contributed by atoms with E-state index in [1.807, 2.05) is 10.9 Å². The third-order valence-electron chi connectivity index (χ3n) is 3.11. The van der Waals surface area contributed by atoms with Crippen LogP contribution in [0.4, 0.5) is 0 Å². The lowest BCUT2D eigenvalue weighted by Gasteiger charge is -2.13. The molecule has 1 saturated heterocycles. The summed E-state index contributed by atoms with van der Waals surface area (Å²) in [6.07, 6.45) is 9.47. The normalized spacial score (nSPS) is 23.0. The van der Waals surface area contributed by atoms with Gasteiger partial charge in [0.1, 0.15) is 0 Å². The molecular formula is C12H21N3. The molecule has 0 saturated carbocycles. The second-order valence-corrected chi connectivity index (χ2v) is 4.70. The van der Waals surface area contributed by atoms with Crippen molar-refractivity contribution in [3.8, 4) is 0 Å². The Morgan fingerprint density at radius 1 is 1.40 bits per heavy atom. The summed E-state index contributed by atoms with van der Waals surface area (Å²) < 4.78 is 2.04. The van der Waals surface area contributed by atoms with Crippen LogP contribution < -0.4 is 5.32 Å². The molecule has 0 aromatic carbocycles. The highest BCUT2D eigenvalue weighted by Gasteiger charge is 2.15. The van der Waals surface area contributed by atoms with Gasteiger partial charge in [0.25, 0.3) is 0 Å². The quantitative estimate of drug-likeness (QED) is 0.808. The Morgan fingerprint density at radius 2 is 2.27 bits per heavy atom. The summed E-state index contributed by atoms with van der Waals surface area (Å²) >= 11 is 0. The van der Waals surface area contributed by atoms with E-state index < -0.39 is 0 Å². The van der Waals surface area contributed by atoms with Gasteiger partial charge in [-0.05, 0) is 33.2 Å². The maximum absolute atomic E-state index is 4.40. The summed E-state index contributed by atoms with van der Waals surface area (Å²) in [5, 5.41) is 7.99. The zero-order chi connectivity index (χ0) is 10.7. The minimum Gasteiger partial charge on any atom is -0.310 e. The Morgan fingerprint density at radius 3 is 3.00 bits per heavy atom. The number of aromatic nitrogens is 2. The molecule has 1 aromatic heterocycles. The van der Waals surface area contributed by atoms with Crippen LogP contribution in [0.3, 0.4) is 0 Å². The molecule has 1 atom stereocenters. The molecule has 1 aliphatic rings. The van der Waals surface area contributed by atoms with Crippen molar-refractivity contribution in [3.63, 3.8) is 0 Å². The Balaban J connectivity index is 2.06. The fraction of sp³-hybridized carbons (Fsp3) is 0.750. The largest absolute Gasteiger partial charge is 0.310 e. The van der Waals surface area contributed by atoms with Gasteiger partial charge in [0.05, 0.1) is 6.20 Å². The average Bonchev–Trinajstić information content (AvgIpc) is 2.55. The van der Waals surface area contributed by atoms with Gasteiger partial charge in [-0.2, -0.15) is 5.10 Å². The molecule has 84 valence electrons. The molecule has 0 aliphatic carbocycles. The van der Waals surface area contributed by atoms with Gasteiger partial charge >= 0.3 is 0 Å². The van der Waals surface area contributed by atoms with Crippen LogP contribution in [0.15, 0.2) is 12.4 Å². The standard InChI is InChI=1S/C12H21N3/c1-10(2)15-9-11(8-14-15)12-6-4-3-5-7-13-12/h8-10,12-13H,3-7H2,1-2H3/t12-/m1/s1. The number of hydrogen-bond acceptors (Lipinski definition) is 2. The topological polar surface area (TPSA) is 29.9 Å². The van der Waals surface area contributed by atoms with E-state index in [0.717, 1.165) is 6.54 Å². The van der Waals surface area contributed by atoms with Crippen LogP contribution in [-0.4, -0.2) is 16.3 Å². The van der Waals surface area contributed by atoms with Crippen molar-refractivity contribution in [1.29, 1.82) is 0 Å². The van der Waals surface area contributed by atoms with Gasteiger partial charge in [-0.15, -0.1) is 0 Å². The van der Waals surface area contributed by atoms with E-state index in [4.69, 9.17) is 0 Å². The molecule has 1 N–H and O–H groups in total. The van der Waals surface area contributed by atoms with Crippen molar-refractivity contribution in [2.45, 2.75) is 51.6 Å². The third kappa shape index (κ3) is 2.59. The lowest BCUT2D eigenvalue weighted by atomic mass is 10.1. The molecule has 1 aliphatic heterocycles. The van der Waals surface area contributed by atoms with Gasteiger partial charge < -0.3 is 5.32 Å². The number of nitrogens with one attached hydrogen (secondary N) is 1. The molecule has 15 heavy (non-hydrogen) atoms. The van der Waals surface area contributed by atoms with Crippen LogP contribution in [0.1, 0.15) is 57.2 Å². The molecule has 3 nitrogen and oxygen atoms in total. The monoisotopic (exact) mass is 207 g/mol. The first kappa shape index (κ1) is 10.7. The highest BCUT2D eigenvalue weighted by molar-refractivity contribution is 5.11. The van der Waals surface area contributed by atoms with Gasteiger partial charge in [-0.1, -0.05) is 12.8 Å². The van der Waals surface area contributed by atoms with Crippen LogP contribution in [0, 0.1) is 0 Å². The van der Waals surface area contributed by atoms with E-state index in [9.17, 15) is 0 Å². The molecule has 1 aromatic rings. The van der Waals surface area contributed by atoms with Crippen LogP contribution in [-0.2, 0) is 0 Å². The minimum atomic E-state index is 0.463. The Labute approximate surface area is 91.9 Å². The van der Waals surface area contributed by atoms with E-state index in [1.165, 1.54) is 31.2 Å². The van der Waals surface area contributed by atoms with Gasteiger partial charge in [0.15, 0.2) is 0 Å². The molecule has 2 heterocycles. The number of rotatable bonds is 2. The van der Waals surface area contributed by atoms with E-state index in [-0.39, 0.29) is 0 Å². The Kier molecular flexibility index (Phi) is 3.41. The molecule has 0 unspecified atom stereocenters. The Hall–Kier alpha value is -0.830. The van der Waals surface area contributed by atoms with Crippen LogP contribution >= 0.6 is 0 Å². The smallest absolute Gasteiger partial charge is 0.0537 e. The van der Waals surface area contributed by atoms with Crippen molar-refractivity contribution < 1.29 is 0 Å². The number of hydrogen-bond donors (Lipinski definition) is 1. The molecule has 0 spiro atoms. The minimum absolute atomic E-state index is 0.463. The number of nitrogens with zero attached hydrogens (tertiary/aromatic N) is 2. The first-order valence-electron chi connectivity index (χ1n) is 6.05. The van der Waals surface area contributed by atoms with Crippen LogP contribution in [0.25, 0.3) is 0 Å². The predicted octanol–water partition coefficient (Wildman–Crippen LogP) is 2.67. The first-order valence-corrected chi connectivity index (χ1v) is 6.05. The van der Waals surface area contributed by atoms with Gasteiger partial charge in [-0.25, -0.2) is 0 Å². The maximum atomic E-state index is 4.40. The summed E-state index contributed by atoms with van der Waals surface area (Å²) in [5.41, 5.74) is 1.35. The zero-order valence-corrected chi connectivity index (χ0v) is 9.74. The summed E-state index contributed by atoms with van der Waals surface area (Å²) in [7, 11) is 0. The lowest BCUT2D eigenvalue weighted by molar-refractivity contribution is 0.520. The second kappa shape index (κ2) is 4.79. The van der Waals surface area contributed by atoms with Gasteiger partial charge in [-0.3, -0.25) is 4.68 Å². The van der Waals surface area contributed by atoms with Gasteiger partial charge in [0, 0.05) is 23.8 Å². The summed E-state index contributed by atoms with van der Waals surface area (Å²) in [6, 6.07) is 0.990. The van der Waals surface area contributed by atoms with Crippen molar-refractivity contribution in [2.24, 2.45) is 0 Å². The summed E-state index contributed by atoms with van der Waals surface area (Å²) in [5.74, 6) is 0.